The molecule has 1 aromatic carbocycles. The molecule has 0 atom stereocenters. The number of hydrogen-bond acceptors (Lipinski definition) is 5. The van der Waals surface area contributed by atoms with Gasteiger partial charge in [0.1, 0.15) is 11.8 Å². The number of nitrogens with one attached hydrogen (secondary N) is 2. The van der Waals surface area contributed by atoms with E-state index in [1.807, 2.05) is 6.07 Å². The van der Waals surface area contributed by atoms with Crippen molar-refractivity contribution in [1.29, 1.82) is 0 Å². The number of carbonyl (C=O) groups is 2. The summed E-state index contributed by atoms with van der Waals surface area (Å²) in [6.45, 7) is 0.244. The van der Waals surface area contributed by atoms with E-state index in [1.165, 1.54) is 12.5 Å². The lowest BCUT2D eigenvalue weighted by atomic mass is 10.2. The summed E-state index contributed by atoms with van der Waals surface area (Å²) in [6, 6.07) is 6.96. The molecule has 0 aliphatic heterocycles. The number of aromatic nitrogens is 1. The van der Waals surface area contributed by atoms with Crippen LogP contribution in [0.15, 0.2) is 45.6 Å². The zero-order valence-electron chi connectivity index (χ0n) is 13.5. The summed E-state index contributed by atoms with van der Waals surface area (Å²) < 4.78 is 10.5. The van der Waals surface area contributed by atoms with Crippen LogP contribution in [0.2, 0.25) is 0 Å². The van der Waals surface area contributed by atoms with Crippen molar-refractivity contribution in [1.82, 2.24) is 10.3 Å². The highest BCUT2D eigenvalue weighted by Gasteiger charge is 2.28. The summed E-state index contributed by atoms with van der Waals surface area (Å²) in [6.07, 6.45) is 5.21. The van der Waals surface area contributed by atoms with Gasteiger partial charge in [-0.1, -0.05) is 0 Å². The Morgan fingerprint density at radius 1 is 1.24 bits per heavy atom. The molecule has 0 radical (unpaired) electrons. The molecule has 25 heavy (non-hydrogen) atoms. The molecule has 0 spiro atoms. The Bertz CT molecular complexity index is 910. The molecule has 0 unspecified atom stereocenters. The molecular formula is C18H17N3O4. The van der Waals surface area contributed by atoms with Crippen molar-refractivity contribution >= 4 is 28.6 Å². The molecule has 1 aliphatic rings. The summed E-state index contributed by atoms with van der Waals surface area (Å²) in [5.74, 6) is 0.778. The lowest BCUT2D eigenvalue weighted by Crippen LogP contribution is -2.27. The number of benzene rings is 1. The zero-order chi connectivity index (χ0) is 17.2. The Labute approximate surface area is 143 Å². The molecule has 1 saturated carbocycles. The van der Waals surface area contributed by atoms with Crippen molar-refractivity contribution in [2.45, 2.75) is 25.2 Å². The fourth-order valence-corrected chi connectivity index (χ4v) is 2.54. The van der Waals surface area contributed by atoms with Crippen LogP contribution in [-0.2, 0) is 4.79 Å². The van der Waals surface area contributed by atoms with Crippen LogP contribution >= 0.6 is 0 Å². The van der Waals surface area contributed by atoms with E-state index in [0.29, 0.717) is 17.2 Å². The highest BCUT2D eigenvalue weighted by molar-refractivity contribution is 5.95. The Balaban J connectivity index is 1.31. The fraction of sp³-hybridized carbons (Fsp3) is 0.278. The van der Waals surface area contributed by atoms with Crippen molar-refractivity contribution in [2.75, 3.05) is 11.9 Å². The summed E-state index contributed by atoms with van der Waals surface area (Å²) in [5, 5.41) is 5.47. The van der Waals surface area contributed by atoms with Gasteiger partial charge in [-0.3, -0.25) is 9.59 Å². The second-order valence-electron chi connectivity index (χ2n) is 6.07. The third kappa shape index (κ3) is 3.55. The van der Waals surface area contributed by atoms with Crippen LogP contribution in [0, 0.1) is 0 Å². The first-order valence-electron chi connectivity index (χ1n) is 8.20. The van der Waals surface area contributed by atoms with Crippen molar-refractivity contribution in [2.24, 2.45) is 0 Å². The Morgan fingerprint density at radius 2 is 2.12 bits per heavy atom. The molecule has 2 heterocycles. The van der Waals surface area contributed by atoms with Crippen LogP contribution in [0.4, 0.5) is 5.69 Å². The molecule has 0 saturated heterocycles. The van der Waals surface area contributed by atoms with Crippen LogP contribution in [0.1, 0.15) is 41.4 Å². The second-order valence-corrected chi connectivity index (χ2v) is 6.07. The molecule has 7 heteroatoms. The van der Waals surface area contributed by atoms with E-state index in [4.69, 9.17) is 8.83 Å². The molecule has 2 aromatic heterocycles. The van der Waals surface area contributed by atoms with Crippen LogP contribution < -0.4 is 10.6 Å². The van der Waals surface area contributed by atoms with Crippen molar-refractivity contribution in [3.8, 4) is 0 Å². The maximum absolute atomic E-state index is 12.0. The number of anilines is 1. The van der Waals surface area contributed by atoms with Gasteiger partial charge in [0.15, 0.2) is 11.5 Å². The minimum Gasteiger partial charge on any atom is -0.472 e. The van der Waals surface area contributed by atoms with Crippen molar-refractivity contribution in [3.05, 3.63) is 48.2 Å². The highest BCUT2D eigenvalue weighted by atomic mass is 16.3. The highest BCUT2D eigenvalue weighted by Crippen LogP contribution is 2.40. The van der Waals surface area contributed by atoms with Gasteiger partial charge >= 0.3 is 0 Å². The molecule has 1 aliphatic carbocycles. The first kappa shape index (κ1) is 15.4. The van der Waals surface area contributed by atoms with Gasteiger partial charge in [0.2, 0.25) is 5.91 Å². The summed E-state index contributed by atoms with van der Waals surface area (Å²) in [4.78, 5) is 28.2. The lowest BCUT2D eigenvalue weighted by molar-refractivity contribution is -0.116. The first-order chi connectivity index (χ1) is 12.2. The second kappa shape index (κ2) is 6.43. The molecule has 1 fully saturated rings. The Hall–Kier alpha value is -3.09. The maximum Gasteiger partial charge on any atom is 0.254 e. The van der Waals surface area contributed by atoms with Crippen LogP contribution in [-0.4, -0.2) is 23.3 Å². The quantitative estimate of drug-likeness (QED) is 0.719. The fourth-order valence-electron chi connectivity index (χ4n) is 2.54. The number of fused-ring (bicyclic) bond motifs is 1. The third-order valence-corrected chi connectivity index (χ3v) is 4.04. The van der Waals surface area contributed by atoms with E-state index in [9.17, 15) is 9.59 Å². The van der Waals surface area contributed by atoms with Crippen molar-refractivity contribution < 1.29 is 18.4 Å². The predicted octanol–water partition coefficient (Wildman–Crippen LogP) is 3.06. The van der Waals surface area contributed by atoms with E-state index >= 15 is 0 Å². The molecule has 2 amide bonds. The zero-order valence-corrected chi connectivity index (χ0v) is 13.5. The SMILES string of the molecule is O=C(CCNC(=O)c1ccoc1)Nc1ccc2oc(C3CC3)nc2c1. The van der Waals surface area contributed by atoms with Gasteiger partial charge in [-0.05, 0) is 37.1 Å². The van der Waals surface area contributed by atoms with Gasteiger partial charge < -0.3 is 19.5 Å². The topological polar surface area (TPSA) is 97.4 Å². The summed E-state index contributed by atoms with van der Waals surface area (Å²) in [7, 11) is 0. The third-order valence-electron chi connectivity index (χ3n) is 4.04. The number of amides is 2. The monoisotopic (exact) mass is 339 g/mol. The average molecular weight is 339 g/mol. The Morgan fingerprint density at radius 3 is 2.88 bits per heavy atom. The number of furan rings is 1. The normalized spacial score (nSPS) is 13.8. The minimum absolute atomic E-state index is 0.174. The molecule has 7 nitrogen and oxygen atoms in total. The van der Waals surface area contributed by atoms with E-state index in [-0.39, 0.29) is 24.8 Å². The summed E-state index contributed by atoms with van der Waals surface area (Å²) >= 11 is 0. The lowest BCUT2D eigenvalue weighted by Gasteiger charge is -2.06. The first-order valence-corrected chi connectivity index (χ1v) is 8.20. The molecule has 0 bridgehead atoms. The van der Waals surface area contributed by atoms with Gasteiger partial charge in [0.05, 0.1) is 11.8 Å². The van der Waals surface area contributed by atoms with Crippen LogP contribution in [0.25, 0.3) is 11.1 Å². The maximum atomic E-state index is 12.0. The summed E-state index contributed by atoms with van der Waals surface area (Å²) in [5.41, 5.74) is 2.57. The molecule has 4 rings (SSSR count). The number of oxazole rings is 1. The molecule has 3 aromatic rings. The standard InChI is InChI=1S/C18H17N3O4/c22-16(5-7-19-17(23)12-6-8-24-10-12)20-13-3-4-15-14(9-13)21-18(25-15)11-1-2-11/h3-4,6,8-11H,1-2,5,7H2,(H,19,23)(H,20,22). The van der Waals surface area contributed by atoms with E-state index < -0.39 is 0 Å². The molecular weight excluding hydrogens is 322 g/mol. The van der Waals surface area contributed by atoms with Gasteiger partial charge in [0, 0.05) is 24.6 Å². The number of rotatable bonds is 6. The van der Waals surface area contributed by atoms with Gasteiger partial charge in [-0.25, -0.2) is 4.98 Å². The Kier molecular flexibility index (Phi) is 3.97. The average Bonchev–Trinajstić information content (AvgIpc) is 3.14. The van der Waals surface area contributed by atoms with Gasteiger partial charge in [-0.15, -0.1) is 0 Å². The number of nitrogens with zero attached hydrogens (tertiary/aromatic N) is 1. The van der Waals surface area contributed by atoms with Crippen molar-refractivity contribution in [3.63, 3.8) is 0 Å². The number of hydrogen-bond donors (Lipinski definition) is 2. The van der Waals surface area contributed by atoms with E-state index in [2.05, 4.69) is 15.6 Å². The smallest absolute Gasteiger partial charge is 0.254 e. The minimum atomic E-state index is -0.266. The van der Waals surface area contributed by atoms with E-state index in [0.717, 1.165) is 29.8 Å². The van der Waals surface area contributed by atoms with E-state index in [1.54, 1.807) is 18.2 Å². The van der Waals surface area contributed by atoms with Crippen LogP contribution in [0.5, 0.6) is 0 Å². The number of carbonyl (C=O) groups excluding carboxylic acids is 2. The molecule has 128 valence electrons. The molecule has 2 N–H and O–H groups in total. The van der Waals surface area contributed by atoms with Gasteiger partial charge in [-0.2, -0.15) is 0 Å². The predicted molar refractivity (Wildman–Crippen MR) is 90.3 cm³/mol. The van der Waals surface area contributed by atoms with Gasteiger partial charge in [0.25, 0.3) is 5.91 Å². The largest absolute Gasteiger partial charge is 0.472 e. The van der Waals surface area contributed by atoms with Crippen LogP contribution in [0.3, 0.4) is 0 Å².